The van der Waals surface area contributed by atoms with Crippen molar-refractivity contribution in [2.24, 2.45) is 0 Å². The Morgan fingerprint density at radius 3 is 2.71 bits per heavy atom. The van der Waals surface area contributed by atoms with Crippen LogP contribution in [-0.2, 0) is 4.74 Å². The van der Waals surface area contributed by atoms with E-state index in [1.165, 1.54) is 12.1 Å². The van der Waals surface area contributed by atoms with Gasteiger partial charge in [-0.2, -0.15) is 0 Å². The first-order valence-electron chi connectivity index (χ1n) is 5.21. The van der Waals surface area contributed by atoms with E-state index in [2.05, 4.69) is 15.9 Å². The molecule has 0 unspecified atom stereocenters. The molecule has 0 fully saturated rings. The summed E-state index contributed by atoms with van der Waals surface area (Å²) in [4.78, 5) is 10.2. The molecule has 5 nitrogen and oxygen atoms in total. The first-order chi connectivity index (χ1) is 8.15. The minimum atomic E-state index is -0.440. The number of halogens is 1. The van der Waals surface area contributed by atoms with Crippen LogP contribution >= 0.6 is 15.9 Å². The van der Waals surface area contributed by atoms with E-state index in [0.717, 1.165) is 17.3 Å². The molecule has 94 valence electrons. The van der Waals surface area contributed by atoms with Gasteiger partial charge in [0, 0.05) is 19.8 Å². The summed E-state index contributed by atoms with van der Waals surface area (Å²) in [6, 6.07) is 4.46. The van der Waals surface area contributed by atoms with Gasteiger partial charge in [0.05, 0.1) is 22.1 Å². The topological polar surface area (TPSA) is 61.6 Å². The third-order valence-corrected chi connectivity index (χ3v) is 2.78. The molecule has 0 aliphatic heterocycles. The average molecular weight is 304 g/mol. The standard InChI is InChI=1S/C11H14BrNO4/c1-16-6-2-3-7-17-11-8-9(13(14)15)4-5-10(11)12/h4-5,8H,2-3,6-7H2,1H3. The third kappa shape index (κ3) is 4.70. The maximum Gasteiger partial charge on any atom is 0.273 e. The Morgan fingerprint density at radius 2 is 2.06 bits per heavy atom. The number of rotatable bonds is 7. The number of unbranched alkanes of at least 4 members (excludes halogenated alkanes) is 1. The number of nitro groups is 1. The molecule has 1 rings (SSSR count). The van der Waals surface area contributed by atoms with Crippen molar-refractivity contribution in [2.45, 2.75) is 12.8 Å². The van der Waals surface area contributed by atoms with E-state index in [0.29, 0.717) is 19.0 Å². The zero-order valence-electron chi connectivity index (χ0n) is 9.52. The summed E-state index contributed by atoms with van der Waals surface area (Å²) in [5, 5.41) is 10.6. The molecule has 0 saturated heterocycles. The van der Waals surface area contributed by atoms with Gasteiger partial charge in [0.1, 0.15) is 5.75 Å². The maximum atomic E-state index is 10.6. The maximum absolute atomic E-state index is 10.6. The van der Waals surface area contributed by atoms with Gasteiger partial charge in [-0.25, -0.2) is 0 Å². The van der Waals surface area contributed by atoms with Gasteiger partial charge < -0.3 is 9.47 Å². The number of methoxy groups -OCH3 is 1. The molecule has 0 atom stereocenters. The summed E-state index contributed by atoms with van der Waals surface area (Å²) < 4.78 is 11.1. The van der Waals surface area contributed by atoms with Gasteiger partial charge in [0.2, 0.25) is 0 Å². The van der Waals surface area contributed by atoms with Crippen molar-refractivity contribution in [1.82, 2.24) is 0 Å². The molecule has 6 heteroatoms. The Hall–Kier alpha value is -1.14. The first kappa shape index (κ1) is 13.9. The molecule has 1 aromatic carbocycles. The highest BCUT2D eigenvalue weighted by atomic mass is 79.9. The number of benzene rings is 1. The molecule has 0 radical (unpaired) electrons. The Balaban J connectivity index is 2.51. The second kappa shape index (κ2) is 7.24. The van der Waals surface area contributed by atoms with Crippen molar-refractivity contribution in [3.8, 4) is 5.75 Å². The fourth-order valence-electron chi connectivity index (χ4n) is 1.25. The van der Waals surface area contributed by atoms with Crippen molar-refractivity contribution < 1.29 is 14.4 Å². The highest BCUT2D eigenvalue weighted by molar-refractivity contribution is 9.10. The van der Waals surface area contributed by atoms with Crippen molar-refractivity contribution in [1.29, 1.82) is 0 Å². The molecular weight excluding hydrogens is 290 g/mol. The van der Waals surface area contributed by atoms with Gasteiger partial charge in [-0.05, 0) is 34.8 Å². The monoisotopic (exact) mass is 303 g/mol. The van der Waals surface area contributed by atoms with E-state index in [4.69, 9.17) is 9.47 Å². The minimum Gasteiger partial charge on any atom is -0.492 e. The van der Waals surface area contributed by atoms with Crippen molar-refractivity contribution in [3.63, 3.8) is 0 Å². The Bertz CT molecular complexity index is 384. The first-order valence-corrected chi connectivity index (χ1v) is 6.00. The van der Waals surface area contributed by atoms with E-state index in [1.807, 2.05) is 0 Å². The third-order valence-electron chi connectivity index (χ3n) is 2.13. The molecule has 0 aliphatic rings. The summed E-state index contributed by atoms with van der Waals surface area (Å²) >= 11 is 3.29. The lowest BCUT2D eigenvalue weighted by molar-refractivity contribution is -0.385. The predicted molar refractivity (Wildman–Crippen MR) is 67.4 cm³/mol. The highest BCUT2D eigenvalue weighted by Crippen LogP contribution is 2.29. The molecule has 0 saturated carbocycles. The van der Waals surface area contributed by atoms with Gasteiger partial charge in [-0.15, -0.1) is 0 Å². The van der Waals surface area contributed by atoms with Crippen LogP contribution in [0.1, 0.15) is 12.8 Å². The molecule has 0 spiro atoms. The smallest absolute Gasteiger partial charge is 0.273 e. The summed E-state index contributed by atoms with van der Waals surface area (Å²) in [5.74, 6) is 0.497. The Kier molecular flexibility index (Phi) is 5.93. The number of hydrogen-bond acceptors (Lipinski definition) is 4. The molecule has 0 aliphatic carbocycles. The Morgan fingerprint density at radius 1 is 1.35 bits per heavy atom. The zero-order chi connectivity index (χ0) is 12.7. The molecular formula is C11H14BrNO4. The molecule has 0 amide bonds. The van der Waals surface area contributed by atoms with E-state index >= 15 is 0 Å². The van der Waals surface area contributed by atoms with Crippen molar-refractivity contribution in [3.05, 3.63) is 32.8 Å². The van der Waals surface area contributed by atoms with Gasteiger partial charge >= 0.3 is 0 Å². The van der Waals surface area contributed by atoms with Crippen LogP contribution in [0.15, 0.2) is 22.7 Å². The van der Waals surface area contributed by atoms with Gasteiger partial charge in [-0.3, -0.25) is 10.1 Å². The van der Waals surface area contributed by atoms with Crippen LogP contribution in [0.3, 0.4) is 0 Å². The number of nitrogens with zero attached hydrogens (tertiary/aromatic N) is 1. The Labute approximate surface area is 108 Å². The van der Waals surface area contributed by atoms with Crippen LogP contribution in [0, 0.1) is 10.1 Å². The number of non-ortho nitro benzene ring substituents is 1. The lowest BCUT2D eigenvalue weighted by atomic mass is 10.3. The van der Waals surface area contributed by atoms with Crippen molar-refractivity contribution >= 4 is 21.6 Å². The fourth-order valence-corrected chi connectivity index (χ4v) is 1.61. The van der Waals surface area contributed by atoms with E-state index in [9.17, 15) is 10.1 Å². The van der Waals surface area contributed by atoms with Gasteiger partial charge in [0.15, 0.2) is 0 Å². The lowest BCUT2D eigenvalue weighted by Crippen LogP contribution is -2.00. The van der Waals surface area contributed by atoms with Crippen LogP contribution in [0.25, 0.3) is 0 Å². The van der Waals surface area contributed by atoms with E-state index < -0.39 is 4.92 Å². The largest absolute Gasteiger partial charge is 0.492 e. The zero-order valence-corrected chi connectivity index (χ0v) is 11.1. The van der Waals surface area contributed by atoms with Crippen LogP contribution < -0.4 is 4.74 Å². The number of nitro benzene ring substituents is 1. The molecule has 1 aromatic rings. The number of ether oxygens (including phenoxy) is 2. The summed E-state index contributed by atoms with van der Waals surface area (Å²) in [7, 11) is 1.65. The summed E-state index contributed by atoms with van der Waals surface area (Å²) in [5.41, 5.74) is 0.0279. The number of hydrogen-bond donors (Lipinski definition) is 0. The lowest BCUT2D eigenvalue weighted by Gasteiger charge is -2.07. The SMILES string of the molecule is COCCCCOc1cc([N+](=O)[O-])ccc1Br. The summed E-state index contributed by atoms with van der Waals surface area (Å²) in [6.07, 6.45) is 1.76. The predicted octanol–water partition coefficient (Wildman–Crippen LogP) is 3.16. The van der Waals surface area contributed by atoms with Crippen LogP contribution in [0.4, 0.5) is 5.69 Å². The van der Waals surface area contributed by atoms with Gasteiger partial charge in [-0.1, -0.05) is 0 Å². The quantitative estimate of drug-likeness (QED) is 0.441. The van der Waals surface area contributed by atoms with Crippen molar-refractivity contribution in [2.75, 3.05) is 20.3 Å². The second-order valence-electron chi connectivity index (χ2n) is 3.42. The minimum absolute atomic E-state index is 0.0279. The van der Waals surface area contributed by atoms with E-state index in [-0.39, 0.29) is 5.69 Å². The molecule has 0 aromatic heterocycles. The second-order valence-corrected chi connectivity index (χ2v) is 4.27. The summed E-state index contributed by atoms with van der Waals surface area (Å²) in [6.45, 7) is 1.21. The molecule has 0 N–H and O–H groups in total. The van der Waals surface area contributed by atoms with Crippen LogP contribution in [0.5, 0.6) is 5.75 Å². The molecule has 17 heavy (non-hydrogen) atoms. The van der Waals surface area contributed by atoms with Crippen LogP contribution in [0.2, 0.25) is 0 Å². The normalized spacial score (nSPS) is 10.2. The molecule has 0 heterocycles. The highest BCUT2D eigenvalue weighted by Gasteiger charge is 2.10. The van der Waals surface area contributed by atoms with Gasteiger partial charge in [0.25, 0.3) is 5.69 Å². The van der Waals surface area contributed by atoms with E-state index in [1.54, 1.807) is 13.2 Å². The molecule has 0 bridgehead atoms. The average Bonchev–Trinajstić information content (AvgIpc) is 2.30. The van der Waals surface area contributed by atoms with Crippen LogP contribution in [-0.4, -0.2) is 25.2 Å². The fraction of sp³-hybridized carbons (Fsp3) is 0.455.